The molecule has 0 saturated carbocycles. The van der Waals surface area contributed by atoms with Crippen molar-refractivity contribution in [2.75, 3.05) is 27.4 Å². The van der Waals surface area contributed by atoms with Crippen LogP contribution in [0.2, 0.25) is 0 Å². The van der Waals surface area contributed by atoms with E-state index in [0.29, 0.717) is 6.67 Å². The fraction of sp³-hybridized carbons (Fsp3) is 0.800. The number of amides is 1. The Kier molecular flexibility index (Phi) is 5.15. The molecule has 1 amide bonds. The zero-order chi connectivity index (χ0) is 7.11. The molecule has 0 aromatic heterocycles. The van der Waals surface area contributed by atoms with E-state index >= 15 is 0 Å². The van der Waals surface area contributed by atoms with Crippen molar-refractivity contribution < 1.29 is 9.53 Å². The maximum Gasteiger partial charge on any atom is 0.246 e. The molecular formula is C5H12N2O2. The highest BCUT2D eigenvalue weighted by Crippen LogP contribution is 1.65. The van der Waals surface area contributed by atoms with E-state index in [1.807, 2.05) is 0 Å². The van der Waals surface area contributed by atoms with Gasteiger partial charge in [-0.05, 0) is 7.05 Å². The van der Waals surface area contributed by atoms with E-state index in [4.69, 9.17) is 0 Å². The van der Waals surface area contributed by atoms with Crippen LogP contribution in [0.3, 0.4) is 0 Å². The van der Waals surface area contributed by atoms with Crippen molar-refractivity contribution in [2.45, 2.75) is 0 Å². The van der Waals surface area contributed by atoms with Crippen LogP contribution in [-0.4, -0.2) is 33.3 Å². The van der Waals surface area contributed by atoms with Crippen LogP contribution in [0.15, 0.2) is 0 Å². The molecule has 0 spiro atoms. The Morgan fingerprint density at radius 1 is 1.67 bits per heavy atom. The first-order chi connectivity index (χ1) is 4.31. The molecule has 4 heteroatoms. The lowest BCUT2D eigenvalue weighted by atomic mass is 10.6. The third kappa shape index (κ3) is 5.26. The minimum Gasteiger partial charge on any atom is -0.375 e. The summed E-state index contributed by atoms with van der Waals surface area (Å²) in [6.07, 6.45) is 0. The summed E-state index contributed by atoms with van der Waals surface area (Å²) in [7, 11) is 3.24. The summed E-state index contributed by atoms with van der Waals surface area (Å²) >= 11 is 0. The van der Waals surface area contributed by atoms with Crippen LogP contribution in [0.4, 0.5) is 0 Å². The van der Waals surface area contributed by atoms with Gasteiger partial charge in [0.05, 0.1) is 6.67 Å². The van der Waals surface area contributed by atoms with Gasteiger partial charge in [-0.2, -0.15) is 0 Å². The van der Waals surface area contributed by atoms with Crippen LogP contribution < -0.4 is 10.6 Å². The number of carbonyl (C=O) groups excluding carboxylic acids is 1. The molecule has 4 nitrogen and oxygen atoms in total. The Balaban J connectivity index is 3.06. The molecular weight excluding hydrogens is 120 g/mol. The molecule has 9 heavy (non-hydrogen) atoms. The number of hydrogen-bond donors (Lipinski definition) is 2. The predicted molar refractivity (Wildman–Crippen MR) is 33.9 cm³/mol. The van der Waals surface area contributed by atoms with Gasteiger partial charge in [0.2, 0.25) is 5.91 Å². The number of nitrogens with one attached hydrogen (secondary N) is 2. The van der Waals surface area contributed by atoms with Crippen molar-refractivity contribution in [2.24, 2.45) is 0 Å². The van der Waals surface area contributed by atoms with Gasteiger partial charge in [-0.15, -0.1) is 0 Å². The summed E-state index contributed by atoms with van der Waals surface area (Å²) in [6.45, 7) is 0.615. The van der Waals surface area contributed by atoms with Crippen LogP contribution in [0.1, 0.15) is 0 Å². The van der Waals surface area contributed by atoms with Crippen molar-refractivity contribution in [1.82, 2.24) is 10.6 Å². The molecule has 0 radical (unpaired) electrons. The van der Waals surface area contributed by atoms with Crippen molar-refractivity contribution in [3.63, 3.8) is 0 Å². The molecule has 0 heterocycles. The van der Waals surface area contributed by atoms with E-state index in [2.05, 4.69) is 15.4 Å². The fourth-order valence-corrected chi connectivity index (χ4v) is 0.369. The van der Waals surface area contributed by atoms with E-state index in [0.717, 1.165) is 0 Å². The standard InChI is InChI=1S/C5H12N2O2/c1-6-4-7-5(8)3-9-2/h6H,3-4H2,1-2H3,(H,7,8). The summed E-state index contributed by atoms with van der Waals surface area (Å²) in [5.74, 6) is -0.105. The number of hydrogen-bond acceptors (Lipinski definition) is 3. The Bertz CT molecular complexity index is 85.0. The largest absolute Gasteiger partial charge is 0.375 e. The summed E-state index contributed by atoms with van der Waals surface area (Å²) < 4.78 is 4.56. The molecule has 0 unspecified atom stereocenters. The van der Waals surface area contributed by atoms with Crippen LogP contribution in [0, 0.1) is 0 Å². The van der Waals surface area contributed by atoms with Gasteiger partial charge in [-0.1, -0.05) is 0 Å². The highest BCUT2D eigenvalue weighted by Gasteiger charge is 1.94. The summed E-state index contributed by atoms with van der Waals surface area (Å²) in [6, 6.07) is 0. The highest BCUT2D eigenvalue weighted by molar-refractivity contribution is 5.76. The molecule has 0 atom stereocenters. The third-order valence-electron chi connectivity index (χ3n) is 0.738. The lowest BCUT2D eigenvalue weighted by Gasteiger charge is -2.00. The molecule has 0 aliphatic heterocycles. The molecule has 0 aliphatic carbocycles. The van der Waals surface area contributed by atoms with E-state index in [-0.39, 0.29) is 12.5 Å². The Morgan fingerprint density at radius 3 is 2.78 bits per heavy atom. The second kappa shape index (κ2) is 5.53. The van der Waals surface area contributed by atoms with Crippen LogP contribution in [0.25, 0.3) is 0 Å². The maximum atomic E-state index is 10.5. The number of carbonyl (C=O) groups is 1. The first-order valence-corrected chi connectivity index (χ1v) is 2.71. The minimum atomic E-state index is -0.105. The van der Waals surface area contributed by atoms with E-state index in [9.17, 15) is 4.79 Å². The monoisotopic (exact) mass is 132 g/mol. The van der Waals surface area contributed by atoms with Crippen molar-refractivity contribution in [1.29, 1.82) is 0 Å². The topological polar surface area (TPSA) is 50.4 Å². The molecule has 2 N–H and O–H groups in total. The number of rotatable bonds is 4. The molecule has 0 aromatic carbocycles. The number of ether oxygens (including phenoxy) is 1. The molecule has 0 fully saturated rings. The summed E-state index contributed by atoms with van der Waals surface area (Å²) in [4.78, 5) is 10.5. The van der Waals surface area contributed by atoms with Crippen LogP contribution in [0.5, 0.6) is 0 Å². The van der Waals surface area contributed by atoms with Gasteiger partial charge in [-0.25, -0.2) is 0 Å². The fourth-order valence-electron chi connectivity index (χ4n) is 0.369. The van der Waals surface area contributed by atoms with Gasteiger partial charge >= 0.3 is 0 Å². The quantitative estimate of drug-likeness (QED) is 0.479. The van der Waals surface area contributed by atoms with Gasteiger partial charge in [0.1, 0.15) is 6.61 Å². The first-order valence-electron chi connectivity index (χ1n) is 2.71. The van der Waals surface area contributed by atoms with Gasteiger partial charge in [0, 0.05) is 7.11 Å². The maximum absolute atomic E-state index is 10.5. The van der Waals surface area contributed by atoms with Gasteiger partial charge in [0.25, 0.3) is 0 Å². The first kappa shape index (κ1) is 8.39. The smallest absolute Gasteiger partial charge is 0.246 e. The molecule has 0 bridgehead atoms. The molecule has 0 rings (SSSR count). The Hall–Kier alpha value is -0.610. The molecule has 0 aliphatic rings. The average Bonchev–Trinajstić information content (AvgIpc) is 1.85. The molecule has 0 saturated heterocycles. The van der Waals surface area contributed by atoms with Crippen molar-refractivity contribution >= 4 is 5.91 Å². The zero-order valence-electron chi connectivity index (χ0n) is 5.73. The van der Waals surface area contributed by atoms with E-state index in [1.54, 1.807) is 7.05 Å². The van der Waals surface area contributed by atoms with Gasteiger partial charge in [-0.3, -0.25) is 4.79 Å². The second-order valence-corrected chi connectivity index (χ2v) is 1.56. The summed E-state index contributed by atoms with van der Waals surface area (Å²) in [5, 5.41) is 5.33. The van der Waals surface area contributed by atoms with Crippen molar-refractivity contribution in [3.8, 4) is 0 Å². The Labute approximate surface area is 54.6 Å². The highest BCUT2D eigenvalue weighted by atomic mass is 16.5. The van der Waals surface area contributed by atoms with Crippen LogP contribution in [-0.2, 0) is 9.53 Å². The normalized spacial score (nSPS) is 9.11. The van der Waals surface area contributed by atoms with Crippen LogP contribution >= 0.6 is 0 Å². The minimum absolute atomic E-state index is 0.105. The van der Waals surface area contributed by atoms with E-state index in [1.165, 1.54) is 7.11 Å². The lowest BCUT2D eigenvalue weighted by molar-refractivity contribution is -0.124. The third-order valence-corrected chi connectivity index (χ3v) is 0.738. The van der Waals surface area contributed by atoms with E-state index < -0.39 is 0 Å². The average molecular weight is 132 g/mol. The number of methoxy groups -OCH3 is 1. The summed E-state index contributed by atoms with van der Waals surface area (Å²) in [5.41, 5.74) is 0. The van der Waals surface area contributed by atoms with Gasteiger partial charge < -0.3 is 15.4 Å². The molecule has 54 valence electrons. The zero-order valence-corrected chi connectivity index (χ0v) is 5.73. The Morgan fingerprint density at radius 2 is 2.33 bits per heavy atom. The second-order valence-electron chi connectivity index (χ2n) is 1.56. The molecule has 0 aromatic rings. The lowest BCUT2D eigenvalue weighted by Crippen LogP contribution is -2.33. The predicted octanol–water partition coefficient (Wildman–Crippen LogP) is -1.07. The van der Waals surface area contributed by atoms with Crippen molar-refractivity contribution in [3.05, 3.63) is 0 Å². The SMILES string of the molecule is CNCNC(=O)COC. The van der Waals surface area contributed by atoms with Gasteiger partial charge in [0.15, 0.2) is 0 Å².